The monoisotopic (exact) mass is 291 g/mol. The Morgan fingerprint density at radius 2 is 1.85 bits per heavy atom. The normalized spacial score (nSPS) is 15.8. The van der Waals surface area contributed by atoms with Gasteiger partial charge in [0.15, 0.2) is 0 Å². The van der Waals surface area contributed by atoms with Crippen LogP contribution in [0.2, 0.25) is 0 Å². The van der Waals surface area contributed by atoms with Crippen molar-refractivity contribution in [1.82, 2.24) is 14.0 Å². The highest BCUT2D eigenvalue weighted by Gasteiger charge is 2.19. The molecular formula is C14H17N3O2S. The molecule has 0 unspecified atom stereocenters. The molecule has 5 nitrogen and oxygen atoms in total. The molecule has 1 saturated heterocycles. The number of nitrogens with zero attached hydrogens (tertiary/aromatic N) is 3. The fraction of sp³-hybridized carbons (Fsp3) is 0.429. The number of aryl methyl sites for hydroxylation is 1. The minimum Gasteiger partial charge on any atom is -0.339 e. The van der Waals surface area contributed by atoms with E-state index in [4.69, 9.17) is 0 Å². The summed E-state index contributed by atoms with van der Waals surface area (Å²) in [6.45, 7) is 1.69. The second-order valence-electron chi connectivity index (χ2n) is 4.91. The van der Waals surface area contributed by atoms with Crippen molar-refractivity contribution in [2.75, 3.05) is 24.6 Å². The van der Waals surface area contributed by atoms with Crippen LogP contribution in [0.1, 0.15) is 0 Å². The van der Waals surface area contributed by atoms with Gasteiger partial charge in [-0.25, -0.2) is 4.79 Å². The molecular weight excluding hydrogens is 274 g/mol. The van der Waals surface area contributed by atoms with Gasteiger partial charge in [-0.2, -0.15) is 11.8 Å². The van der Waals surface area contributed by atoms with Crippen molar-refractivity contribution in [3.8, 4) is 0 Å². The summed E-state index contributed by atoms with van der Waals surface area (Å²) in [4.78, 5) is 26.4. The SMILES string of the molecule is Cn1c(=O)n(CC(=O)N2CCSCC2)c2ccccc21. The molecule has 0 radical (unpaired) electrons. The minimum atomic E-state index is -0.133. The number of carbonyl (C=O) groups excluding carboxylic acids is 1. The molecule has 2 aromatic rings. The molecule has 0 N–H and O–H groups in total. The first-order valence-electron chi connectivity index (χ1n) is 6.68. The van der Waals surface area contributed by atoms with Crippen molar-refractivity contribution in [1.29, 1.82) is 0 Å². The number of carbonyl (C=O) groups is 1. The predicted molar refractivity (Wildman–Crippen MR) is 81.1 cm³/mol. The number of thioether (sulfide) groups is 1. The lowest BCUT2D eigenvalue weighted by Crippen LogP contribution is -2.41. The molecule has 0 bridgehead atoms. The van der Waals surface area contributed by atoms with Gasteiger partial charge in [-0.1, -0.05) is 12.1 Å². The topological polar surface area (TPSA) is 47.2 Å². The smallest absolute Gasteiger partial charge is 0.329 e. The van der Waals surface area contributed by atoms with E-state index in [1.54, 1.807) is 16.2 Å². The van der Waals surface area contributed by atoms with Gasteiger partial charge in [-0.15, -0.1) is 0 Å². The second-order valence-corrected chi connectivity index (χ2v) is 6.13. The van der Waals surface area contributed by atoms with E-state index in [0.717, 1.165) is 35.6 Å². The number of para-hydroxylation sites is 2. The van der Waals surface area contributed by atoms with Gasteiger partial charge in [0.1, 0.15) is 6.54 Å². The van der Waals surface area contributed by atoms with E-state index in [2.05, 4.69) is 0 Å². The maximum atomic E-state index is 12.3. The quantitative estimate of drug-likeness (QED) is 0.826. The van der Waals surface area contributed by atoms with Gasteiger partial charge in [0.2, 0.25) is 5.91 Å². The zero-order chi connectivity index (χ0) is 14.1. The number of hydrogen-bond donors (Lipinski definition) is 0. The Kier molecular flexibility index (Phi) is 3.56. The molecule has 1 aromatic carbocycles. The Labute approximate surface area is 121 Å². The maximum absolute atomic E-state index is 12.3. The summed E-state index contributed by atoms with van der Waals surface area (Å²) in [7, 11) is 1.74. The van der Waals surface area contributed by atoms with Crippen LogP contribution < -0.4 is 5.69 Å². The van der Waals surface area contributed by atoms with Crippen LogP contribution in [0.4, 0.5) is 0 Å². The number of imidazole rings is 1. The van der Waals surface area contributed by atoms with E-state index in [0.29, 0.717) is 0 Å². The molecule has 1 fully saturated rings. The Morgan fingerprint density at radius 1 is 1.20 bits per heavy atom. The standard InChI is InChI=1S/C14H17N3O2S/c1-15-11-4-2-3-5-12(11)17(14(15)19)10-13(18)16-6-8-20-9-7-16/h2-5H,6-10H2,1H3. The Balaban J connectivity index is 1.92. The Bertz CT molecular complexity index is 698. The predicted octanol–water partition coefficient (Wildman–Crippen LogP) is 0.915. The van der Waals surface area contributed by atoms with Crippen LogP contribution in [-0.2, 0) is 18.4 Å². The molecule has 0 aliphatic carbocycles. The first-order valence-corrected chi connectivity index (χ1v) is 7.84. The summed E-state index contributed by atoms with van der Waals surface area (Å²) in [6.07, 6.45) is 0. The number of rotatable bonds is 2. The molecule has 1 aliphatic heterocycles. The van der Waals surface area contributed by atoms with E-state index in [9.17, 15) is 9.59 Å². The third-order valence-electron chi connectivity index (χ3n) is 3.71. The van der Waals surface area contributed by atoms with E-state index >= 15 is 0 Å². The molecule has 2 heterocycles. The summed E-state index contributed by atoms with van der Waals surface area (Å²) in [5.74, 6) is 2.00. The lowest BCUT2D eigenvalue weighted by Gasteiger charge is -2.26. The molecule has 0 atom stereocenters. The zero-order valence-corrected chi connectivity index (χ0v) is 12.2. The highest BCUT2D eigenvalue weighted by atomic mass is 32.2. The summed E-state index contributed by atoms with van der Waals surface area (Å²) in [5, 5.41) is 0. The molecule has 1 aromatic heterocycles. The fourth-order valence-corrected chi connectivity index (χ4v) is 3.47. The third-order valence-corrected chi connectivity index (χ3v) is 4.65. The molecule has 20 heavy (non-hydrogen) atoms. The van der Waals surface area contributed by atoms with E-state index in [1.807, 2.05) is 40.9 Å². The van der Waals surface area contributed by atoms with Crippen LogP contribution in [0.3, 0.4) is 0 Å². The summed E-state index contributed by atoms with van der Waals surface area (Å²) < 4.78 is 3.16. The molecule has 1 aliphatic rings. The van der Waals surface area contributed by atoms with Crippen LogP contribution in [0, 0.1) is 0 Å². The highest BCUT2D eigenvalue weighted by molar-refractivity contribution is 7.99. The minimum absolute atomic E-state index is 0.0313. The second kappa shape index (κ2) is 5.36. The summed E-state index contributed by atoms with van der Waals surface area (Å²) in [6, 6.07) is 7.57. The van der Waals surface area contributed by atoms with Gasteiger partial charge in [0.25, 0.3) is 0 Å². The molecule has 1 amide bonds. The van der Waals surface area contributed by atoms with Crippen molar-refractivity contribution in [3.63, 3.8) is 0 Å². The van der Waals surface area contributed by atoms with Gasteiger partial charge in [-0.3, -0.25) is 13.9 Å². The number of fused-ring (bicyclic) bond motifs is 1. The molecule has 6 heteroatoms. The number of amides is 1. The van der Waals surface area contributed by atoms with Crippen molar-refractivity contribution >= 4 is 28.7 Å². The van der Waals surface area contributed by atoms with Gasteiger partial charge in [-0.05, 0) is 12.1 Å². The Hall–Kier alpha value is -1.69. The van der Waals surface area contributed by atoms with Crippen LogP contribution in [0.5, 0.6) is 0 Å². The van der Waals surface area contributed by atoms with Crippen LogP contribution in [0.15, 0.2) is 29.1 Å². The van der Waals surface area contributed by atoms with Crippen LogP contribution >= 0.6 is 11.8 Å². The zero-order valence-electron chi connectivity index (χ0n) is 11.4. The van der Waals surface area contributed by atoms with E-state index < -0.39 is 0 Å². The van der Waals surface area contributed by atoms with Crippen molar-refractivity contribution in [2.45, 2.75) is 6.54 Å². The first kappa shape index (κ1) is 13.3. The van der Waals surface area contributed by atoms with Crippen molar-refractivity contribution in [3.05, 3.63) is 34.7 Å². The lowest BCUT2D eigenvalue weighted by atomic mass is 10.3. The van der Waals surface area contributed by atoms with Gasteiger partial charge in [0.05, 0.1) is 11.0 Å². The summed E-state index contributed by atoms with van der Waals surface area (Å²) >= 11 is 1.87. The number of aromatic nitrogens is 2. The lowest BCUT2D eigenvalue weighted by molar-refractivity contribution is -0.131. The van der Waals surface area contributed by atoms with Crippen molar-refractivity contribution in [2.24, 2.45) is 7.05 Å². The number of benzene rings is 1. The first-order chi connectivity index (χ1) is 9.68. The van der Waals surface area contributed by atoms with Crippen LogP contribution in [-0.4, -0.2) is 44.5 Å². The largest absolute Gasteiger partial charge is 0.339 e. The Morgan fingerprint density at radius 3 is 2.55 bits per heavy atom. The molecule has 0 saturated carbocycles. The van der Waals surface area contributed by atoms with E-state index in [1.165, 1.54) is 0 Å². The average Bonchev–Trinajstić information content (AvgIpc) is 2.74. The van der Waals surface area contributed by atoms with E-state index in [-0.39, 0.29) is 18.1 Å². The average molecular weight is 291 g/mol. The fourth-order valence-electron chi connectivity index (χ4n) is 2.56. The highest BCUT2D eigenvalue weighted by Crippen LogP contribution is 2.13. The third kappa shape index (κ3) is 2.24. The molecule has 3 rings (SSSR count). The number of hydrogen-bond acceptors (Lipinski definition) is 3. The molecule has 106 valence electrons. The van der Waals surface area contributed by atoms with Crippen LogP contribution in [0.25, 0.3) is 11.0 Å². The van der Waals surface area contributed by atoms with Gasteiger partial charge < -0.3 is 4.90 Å². The summed E-state index contributed by atoms with van der Waals surface area (Å²) in [5.41, 5.74) is 1.55. The van der Waals surface area contributed by atoms with Crippen molar-refractivity contribution < 1.29 is 4.79 Å². The van der Waals surface area contributed by atoms with Gasteiger partial charge in [0, 0.05) is 31.6 Å². The van der Waals surface area contributed by atoms with Gasteiger partial charge >= 0.3 is 5.69 Å². The maximum Gasteiger partial charge on any atom is 0.329 e. The molecule has 0 spiro atoms.